The van der Waals surface area contributed by atoms with Gasteiger partial charge in [0.05, 0.1) is 0 Å². The van der Waals surface area contributed by atoms with Crippen LogP contribution in [0.4, 0.5) is 8.22 Å². The van der Waals surface area contributed by atoms with Crippen molar-refractivity contribution in [2.45, 2.75) is 27.7 Å². The molecule has 1 aliphatic rings. The van der Waals surface area contributed by atoms with Crippen molar-refractivity contribution in [2.24, 2.45) is 0 Å². The molecule has 0 spiro atoms. The lowest BCUT2D eigenvalue weighted by molar-refractivity contribution is 0.634. The van der Waals surface area contributed by atoms with Gasteiger partial charge in [-0.05, 0) is 49.2 Å². The van der Waals surface area contributed by atoms with Gasteiger partial charge in [-0.2, -0.15) is 0 Å². The second-order valence-electron chi connectivity index (χ2n) is 3.07. The van der Waals surface area contributed by atoms with E-state index in [1.165, 1.54) is 0 Å². The van der Waals surface area contributed by atoms with E-state index >= 15 is 0 Å². The Morgan fingerprint density at radius 1 is 0.818 bits per heavy atom. The van der Waals surface area contributed by atoms with E-state index < -0.39 is 8.74 Å². The molecule has 11 heavy (non-hydrogen) atoms. The Bertz CT molecular complexity index is 235. The number of hydrogen-bond acceptors (Lipinski definition) is 0. The first-order valence-corrected chi connectivity index (χ1v) is 5.38. The highest BCUT2D eigenvalue weighted by atomic mass is 28.4. The van der Waals surface area contributed by atoms with Crippen molar-refractivity contribution in [1.29, 1.82) is 0 Å². The van der Waals surface area contributed by atoms with Crippen molar-refractivity contribution in [3.05, 3.63) is 21.5 Å². The molecule has 0 fully saturated rings. The molecule has 1 rings (SSSR count). The molecule has 0 amide bonds. The van der Waals surface area contributed by atoms with Crippen LogP contribution in [-0.2, 0) is 0 Å². The first-order chi connectivity index (χ1) is 4.89. The summed E-state index contributed by atoms with van der Waals surface area (Å²) < 4.78 is 26.5. The molecule has 0 saturated heterocycles. The first-order valence-electron chi connectivity index (χ1n) is 3.63. The van der Waals surface area contributed by atoms with Crippen molar-refractivity contribution < 1.29 is 8.22 Å². The van der Waals surface area contributed by atoms with Gasteiger partial charge in [0.2, 0.25) is 0 Å². The predicted octanol–water partition coefficient (Wildman–Crippen LogP) is 3.13. The largest absolute Gasteiger partial charge is 0.479 e. The quantitative estimate of drug-likeness (QED) is 0.391. The van der Waals surface area contributed by atoms with Crippen LogP contribution in [0.2, 0.25) is 0 Å². The van der Waals surface area contributed by atoms with Crippen LogP contribution in [0.5, 0.6) is 0 Å². The van der Waals surface area contributed by atoms with Gasteiger partial charge in [-0.1, -0.05) is 0 Å². The number of hydrogen-bond donors (Lipinski definition) is 0. The summed E-state index contributed by atoms with van der Waals surface area (Å²) in [5.41, 5.74) is 1.61. The highest BCUT2D eigenvalue weighted by Crippen LogP contribution is 2.39. The monoisotopic (exact) mass is 174 g/mol. The lowest BCUT2D eigenvalue weighted by Gasteiger charge is -2.08. The Labute approximate surface area is 67.0 Å². The average Bonchev–Trinajstić information content (AvgIpc) is 2.06. The molecule has 0 bridgehead atoms. The van der Waals surface area contributed by atoms with Gasteiger partial charge in [0.15, 0.2) is 0 Å². The summed E-state index contributed by atoms with van der Waals surface area (Å²) in [5.74, 6) is 0. The molecule has 0 aromatic rings. The summed E-state index contributed by atoms with van der Waals surface area (Å²) >= 11 is 0. The molecule has 1 aliphatic heterocycles. The molecule has 0 radical (unpaired) electrons. The molecule has 0 atom stereocenters. The summed E-state index contributed by atoms with van der Waals surface area (Å²) in [6, 6.07) is 0. The van der Waals surface area contributed by atoms with Crippen molar-refractivity contribution in [3.8, 4) is 0 Å². The van der Waals surface area contributed by atoms with Crippen LogP contribution in [0, 0.1) is 0 Å². The van der Waals surface area contributed by atoms with Crippen LogP contribution in [0.25, 0.3) is 0 Å². The van der Waals surface area contributed by atoms with Crippen LogP contribution >= 0.6 is 0 Å². The minimum absolute atomic E-state index is 0.340. The van der Waals surface area contributed by atoms with E-state index in [0.29, 0.717) is 10.4 Å². The summed E-state index contributed by atoms with van der Waals surface area (Å²) in [6.45, 7) is 6.67. The molecule has 0 aromatic carbocycles. The van der Waals surface area contributed by atoms with Crippen molar-refractivity contribution >= 4 is 8.74 Å². The second-order valence-corrected chi connectivity index (χ2v) is 5.72. The van der Waals surface area contributed by atoms with Crippen molar-refractivity contribution in [3.63, 3.8) is 0 Å². The molecule has 0 N–H and O–H groups in total. The van der Waals surface area contributed by atoms with Gasteiger partial charge in [-0.25, -0.2) is 0 Å². The zero-order valence-electron chi connectivity index (χ0n) is 7.26. The van der Waals surface area contributed by atoms with Gasteiger partial charge < -0.3 is 0 Å². The second kappa shape index (κ2) is 2.27. The Morgan fingerprint density at radius 3 is 1.18 bits per heavy atom. The fraction of sp³-hybridized carbons (Fsp3) is 0.500. The third-order valence-corrected chi connectivity index (χ3v) is 5.26. The van der Waals surface area contributed by atoms with Gasteiger partial charge in [0.25, 0.3) is 0 Å². The fourth-order valence-electron chi connectivity index (χ4n) is 1.31. The van der Waals surface area contributed by atoms with E-state index in [0.717, 1.165) is 11.1 Å². The number of allylic oxidation sites excluding steroid dienone is 4. The lowest BCUT2D eigenvalue weighted by Crippen LogP contribution is -2.24. The topological polar surface area (TPSA) is 0 Å². The fourth-order valence-corrected chi connectivity index (χ4v) is 3.19. The third kappa shape index (κ3) is 0.983. The molecule has 1 heterocycles. The van der Waals surface area contributed by atoms with Gasteiger partial charge in [-0.15, -0.1) is 0 Å². The molecule has 0 nitrogen and oxygen atoms in total. The van der Waals surface area contributed by atoms with E-state index in [1.54, 1.807) is 27.7 Å². The summed E-state index contributed by atoms with van der Waals surface area (Å²) in [4.78, 5) is 0. The Kier molecular flexibility index (Phi) is 1.79. The molecule has 0 saturated carbocycles. The van der Waals surface area contributed by atoms with Crippen LogP contribution in [0.15, 0.2) is 21.5 Å². The maximum absolute atomic E-state index is 13.3. The number of rotatable bonds is 0. The zero-order chi connectivity index (χ0) is 8.81. The zero-order valence-corrected chi connectivity index (χ0v) is 8.26. The molecular weight excluding hydrogens is 162 g/mol. The van der Waals surface area contributed by atoms with Crippen molar-refractivity contribution in [1.82, 2.24) is 0 Å². The van der Waals surface area contributed by atoms with E-state index in [4.69, 9.17) is 0 Å². The highest BCUT2D eigenvalue weighted by Gasteiger charge is 2.46. The smallest absolute Gasteiger partial charge is 0.260 e. The third-order valence-electron chi connectivity index (χ3n) is 2.63. The SMILES string of the molecule is CC1=C(C)[Si](F)(F)C(C)=C1C. The van der Waals surface area contributed by atoms with Gasteiger partial charge in [0, 0.05) is 0 Å². The summed E-state index contributed by atoms with van der Waals surface area (Å²) in [7, 11) is -4.11. The minimum Gasteiger partial charge on any atom is -0.260 e. The van der Waals surface area contributed by atoms with Gasteiger partial charge >= 0.3 is 8.74 Å². The summed E-state index contributed by atoms with van der Waals surface area (Å²) in [6.07, 6.45) is 0. The van der Waals surface area contributed by atoms with E-state index in [2.05, 4.69) is 0 Å². The Morgan fingerprint density at radius 2 is 1.09 bits per heavy atom. The van der Waals surface area contributed by atoms with Crippen molar-refractivity contribution in [2.75, 3.05) is 0 Å². The molecule has 0 aliphatic carbocycles. The highest BCUT2D eigenvalue weighted by molar-refractivity contribution is 6.81. The van der Waals surface area contributed by atoms with E-state index in [1.807, 2.05) is 0 Å². The maximum Gasteiger partial charge on any atom is 0.479 e. The van der Waals surface area contributed by atoms with Crippen LogP contribution < -0.4 is 0 Å². The van der Waals surface area contributed by atoms with Gasteiger partial charge in [0.1, 0.15) is 0 Å². The van der Waals surface area contributed by atoms with Crippen LogP contribution in [-0.4, -0.2) is 8.74 Å². The van der Waals surface area contributed by atoms with E-state index in [-0.39, 0.29) is 0 Å². The first kappa shape index (κ1) is 8.65. The predicted molar refractivity (Wildman–Crippen MR) is 44.7 cm³/mol. The molecule has 0 aromatic heterocycles. The average molecular weight is 174 g/mol. The van der Waals surface area contributed by atoms with E-state index in [9.17, 15) is 8.22 Å². The Balaban J connectivity index is 3.27. The Hall–Kier alpha value is -0.443. The minimum atomic E-state index is -4.11. The molecular formula is C8H12F2Si. The maximum atomic E-state index is 13.3. The van der Waals surface area contributed by atoms with Crippen LogP contribution in [0.3, 0.4) is 0 Å². The normalized spacial score (nSPS) is 23.5. The number of halogens is 2. The van der Waals surface area contributed by atoms with Gasteiger partial charge in [-0.3, -0.25) is 8.22 Å². The van der Waals surface area contributed by atoms with Crippen LogP contribution in [0.1, 0.15) is 27.7 Å². The molecule has 62 valence electrons. The summed E-state index contributed by atoms with van der Waals surface area (Å²) in [5, 5.41) is 0.681. The molecule has 0 unspecified atom stereocenters. The lowest BCUT2D eigenvalue weighted by atomic mass is 10.1. The molecule has 3 heteroatoms. The standard InChI is InChI=1S/C8H12F2Si/c1-5-6(2)8(4)11(9,10)7(5)3/h1-4H3.